The topological polar surface area (TPSA) is 90.1 Å². The van der Waals surface area contributed by atoms with E-state index in [-0.39, 0.29) is 17.9 Å². The fourth-order valence-corrected chi connectivity index (χ4v) is 1.68. The van der Waals surface area contributed by atoms with E-state index in [2.05, 4.69) is 15.3 Å². The predicted molar refractivity (Wildman–Crippen MR) is 84.7 cm³/mol. The third kappa shape index (κ3) is 4.26. The van der Waals surface area contributed by atoms with Crippen molar-refractivity contribution in [2.24, 2.45) is 11.7 Å². The molecule has 1 heterocycles. The second-order valence-corrected chi connectivity index (χ2v) is 5.24. The average molecular weight is 300 g/mol. The van der Waals surface area contributed by atoms with Gasteiger partial charge in [-0.3, -0.25) is 4.79 Å². The zero-order chi connectivity index (χ0) is 16.1. The Hall–Kier alpha value is -2.47. The first-order valence-electron chi connectivity index (χ1n) is 7.09. The average Bonchev–Trinajstić information content (AvgIpc) is 2.48. The molecule has 6 nitrogen and oxygen atoms in total. The van der Waals surface area contributed by atoms with E-state index in [9.17, 15) is 4.79 Å². The molecule has 0 radical (unpaired) electrons. The molecule has 2 atom stereocenters. The number of benzene rings is 1. The number of nitrogens with one attached hydrogen (secondary N) is 1. The van der Waals surface area contributed by atoms with Crippen LogP contribution < -0.4 is 15.8 Å². The molecule has 2 unspecified atom stereocenters. The summed E-state index contributed by atoms with van der Waals surface area (Å²) in [5.74, 6) is 0.242. The first-order chi connectivity index (χ1) is 10.5. The van der Waals surface area contributed by atoms with Gasteiger partial charge >= 0.3 is 6.01 Å². The van der Waals surface area contributed by atoms with Crippen LogP contribution in [0.5, 0.6) is 11.8 Å². The first-order valence-corrected chi connectivity index (χ1v) is 7.09. The van der Waals surface area contributed by atoms with Crippen LogP contribution in [0.25, 0.3) is 0 Å². The summed E-state index contributed by atoms with van der Waals surface area (Å²) in [7, 11) is 0. The van der Waals surface area contributed by atoms with E-state index < -0.39 is 0 Å². The molecule has 0 aliphatic carbocycles. The molecule has 1 aromatic carbocycles. The summed E-state index contributed by atoms with van der Waals surface area (Å²) in [5, 5.41) is 2.82. The van der Waals surface area contributed by atoms with Crippen LogP contribution >= 0.6 is 0 Å². The van der Waals surface area contributed by atoms with Crippen molar-refractivity contribution in [3.05, 3.63) is 42.2 Å². The van der Waals surface area contributed by atoms with Crippen molar-refractivity contribution in [3.63, 3.8) is 0 Å². The number of carbonyl (C=O) groups is 1. The maximum absolute atomic E-state index is 11.9. The quantitative estimate of drug-likeness (QED) is 0.885. The van der Waals surface area contributed by atoms with Crippen molar-refractivity contribution < 1.29 is 9.53 Å². The maximum atomic E-state index is 11.9. The number of anilines is 1. The molecule has 1 amide bonds. The molecule has 1 aromatic heterocycles. The van der Waals surface area contributed by atoms with Crippen molar-refractivity contribution >= 4 is 11.6 Å². The summed E-state index contributed by atoms with van der Waals surface area (Å²) in [6.45, 7) is 5.47. The molecular weight excluding hydrogens is 280 g/mol. The smallest absolute Gasteiger partial charge is 0.322 e. The minimum atomic E-state index is -0.253. The highest BCUT2D eigenvalue weighted by molar-refractivity contribution is 5.92. The van der Waals surface area contributed by atoms with E-state index in [1.54, 1.807) is 43.5 Å². The number of hydrogen-bond acceptors (Lipinski definition) is 5. The van der Waals surface area contributed by atoms with Crippen LogP contribution in [0.15, 0.2) is 36.5 Å². The van der Waals surface area contributed by atoms with Gasteiger partial charge in [0.15, 0.2) is 0 Å². The number of carbonyl (C=O) groups excluding carboxylic acids is 1. The zero-order valence-corrected chi connectivity index (χ0v) is 12.9. The van der Waals surface area contributed by atoms with Gasteiger partial charge in [-0.05, 0) is 44.2 Å². The molecule has 0 aliphatic rings. The Morgan fingerprint density at radius 2 is 1.91 bits per heavy atom. The summed E-state index contributed by atoms with van der Waals surface area (Å²) in [5.41, 5.74) is 7.24. The Morgan fingerprint density at radius 1 is 1.23 bits per heavy atom. The van der Waals surface area contributed by atoms with Crippen molar-refractivity contribution in [1.29, 1.82) is 0 Å². The van der Waals surface area contributed by atoms with Gasteiger partial charge in [-0.25, -0.2) is 9.97 Å². The molecule has 116 valence electrons. The standard InChI is InChI=1S/C16H20N4O2/c1-10-8-9-18-16(19-10)22-14-6-4-13(5-7-14)20-15(21)11(2)12(3)17/h4-9,11-12H,17H2,1-3H3,(H,20,21). The van der Waals surface area contributed by atoms with Crippen molar-refractivity contribution in [2.75, 3.05) is 5.32 Å². The molecule has 0 saturated heterocycles. The van der Waals surface area contributed by atoms with Crippen molar-refractivity contribution in [2.45, 2.75) is 26.8 Å². The predicted octanol–water partition coefficient (Wildman–Crippen LogP) is 2.50. The largest absolute Gasteiger partial charge is 0.424 e. The molecule has 0 bridgehead atoms. The Morgan fingerprint density at radius 3 is 2.50 bits per heavy atom. The van der Waals surface area contributed by atoms with Crippen LogP contribution in [0.3, 0.4) is 0 Å². The molecule has 2 rings (SSSR count). The van der Waals surface area contributed by atoms with Crippen LogP contribution in [0.1, 0.15) is 19.5 Å². The Balaban J connectivity index is 2.00. The Labute approximate surface area is 129 Å². The first kappa shape index (κ1) is 15.9. The van der Waals surface area contributed by atoms with E-state index >= 15 is 0 Å². The van der Waals surface area contributed by atoms with E-state index in [0.717, 1.165) is 5.69 Å². The fourth-order valence-electron chi connectivity index (χ4n) is 1.68. The van der Waals surface area contributed by atoms with Crippen molar-refractivity contribution in [1.82, 2.24) is 9.97 Å². The molecule has 6 heteroatoms. The maximum Gasteiger partial charge on any atom is 0.322 e. The van der Waals surface area contributed by atoms with Gasteiger partial charge < -0.3 is 15.8 Å². The molecular formula is C16H20N4O2. The van der Waals surface area contributed by atoms with Gasteiger partial charge in [0, 0.05) is 23.6 Å². The van der Waals surface area contributed by atoms with Gasteiger partial charge in [-0.2, -0.15) is 0 Å². The highest BCUT2D eigenvalue weighted by atomic mass is 16.5. The Kier molecular flexibility index (Phi) is 5.06. The van der Waals surface area contributed by atoms with Crippen molar-refractivity contribution in [3.8, 4) is 11.8 Å². The lowest BCUT2D eigenvalue weighted by atomic mass is 10.0. The fraction of sp³-hybridized carbons (Fsp3) is 0.312. The molecule has 0 saturated carbocycles. The molecule has 2 aromatic rings. The van der Waals surface area contributed by atoms with E-state index in [1.165, 1.54) is 0 Å². The summed E-state index contributed by atoms with van der Waals surface area (Å²) in [4.78, 5) is 20.1. The minimum absolute atomic E-state index is 0.106. The highest BCUT2D eigenvalue weighted by Gasteiger charge is 2.16. The third-order valence-corrected chi connectivity index (χ3v) is 3.31. The lowest BCUT2D eigenvalue weighted by molar-refractivity contribution is -0.119. The van der Waals surface area contributed by atoms with Crippen LogP contribution in [0.2, 0.25) is 0 Å². The van der Waals surface area contributed by atoms with Crippen LogP contribution in [-0.4, -0.2) is 21.9 Å². The molecule has 22 heavy (non-hydrogen) atoms. The monoisotopic (exact) mass is 300 g/mol. The second-order valence-electron chi connectivity index (χ2n) is 5.24. The van der Waals surface area contributed by atoms with Crippen LogP contribution in [-0.2, 0) is 4.79 Å². The number of nitrogens with zero attached hydrogens (tertiary/aromatic N) is 2. The zero-order valence-electron chi connectivity index (χ0n) is 12.9. The summed E-state index contributed by atoms with van der Waals surface area (Å²) in [6.07, 6.45) is 1.64. The Bertz CT molecular complexity index is 641. The van der Waals surface area contributed by atoms with Gasteiger partial charge in [0.05, 0.1) is 5.92 Å². The summed E-state index contributed by atoms with van der Waals surface area (Å²) in [6, 6.07) is 8.91. The number of rotatable bonds is 5. The number of aromatic nitrogens is 2. The van der Waals surface area contributed by atoms with E-state index in [1.807, 2.05) is 13.8 Å². The SMILES string of the molecule is Cc1ccnc(Oc2ccc(NC(=O)C(C)C(C)N)cc2)n1. The van der Waals surface area contributed by atoms with Gasteiger partial charge in [0.1, 0.15) is 5.75 Å². The van der Waals surface area contributed by atoms with Crippen LogP contribution in [0.4, 0.5) is 5.69 Å². The third-order valence-electron chi connectivity index (χ3n) is 3.31. The normalized spacial score (nSPS) is 13.3. The van der Waals surface area contributed by atoms with Crippen LogP contribution in [0, 0.1) is 12.8 Å². The molecule has 0 spiro atoms. The van der Waals surface area contributed by atoms with E-state index in [4.69, 9.17) is 10.5 Å². The lowest BCUT2D eigenvalue weighted by Crippen LogP contribution is -2.34. The number of nitrogens with two attached hydrogens (primary N) is 1. The number of amides is 1. The van der Waals surface area contributed by atoms with Gasteiger partial charge in [0.2, 0.25) is 5.91 Å². The number of ether oxygens (including phenoxy) is 1. The number of hydrogen-bond donors (Lipinski definition) is 2. The van der Waals surface area contributed by atoms with Gasteiger partial charge in [-0.15, -0.1) is 0 Å². The number of aryl methyl sites for hydroxylation is 1. The molecule has 0 fully saturated rings. The molecule has 3 N–H and O–H groups in total. The summed E-state index contributed by atoms with van der Waals surface area (Å²) >= 11 is 0. The van der Waals surface area contributed by atoms with Gasteiger partial charge in [0.25, 0.3) is 0 Å². The minimum Gasteiger partial charge on any atom is -0.424 e. The van der Waals surface area contributed by atoms with E-state index in [0.29, 0.717) is 17.4 Å². The summed E-state index contributed by atoms with van der Waals surface area (Å²) < 4.78 is 5.55. The second kappa shape index (κ2) is 7.00. The lowest BCUT2D eigenvalue weighted by Gasteiger charge is -2.15. The molecule has 0 aliphatic heterocycles. The van der Waals surface area contributed by atoms with Gasteiger partial charge in [-0.1, -0.05) is 6.92 Å². The highest BCUT2D eigenvalue weighted by Crippen LogP contribution is 2.20.